The molecule has 0 aliphatic rings. The first-order valence-electron chi connectivity index (χ1n) is 5.33. The molecule has 0 fully saturated rings. The zero-order valence-corrected chi connectivity index (χ0v) is 10.3. The molecule has 0 aliphatic carbocycles. The summed E-state index contributed by atoms with van der Waals surface area (Å²) in [6, 6.07) is 3.18. The molecule has 1 aromatic carbocycles. The fraction of sp³-hybridized carbons (Fsp3) is 0.538. The largest absolute Gasteiger partial charge is 0.496 e. The van der Waals surface area contributed by atoms with Gasteiger partial charge in [0.25, 0.3) is 0 Å². The van der Waals surface area contributed by atoms with E-state index < -0.39 is 0 Å². The molecule has 2 nitrogen and oxygen atoms in total. The van der Waals surface area contributed by atoms with Gasteiger partial charge < -0.3 is 9.84 Å². The Bertz CT molecular complexity index is 372. The van der Waals surface area contributed by atoms with Crippen LogP contribution in [0.2, 0.25) is 0 Å². The van der Waals surface area contributed by atoms with Gasteiger partial charge in [0.1, 0.15) is 11.6 Å². The molecule has 16 heavy (non-hydrogen) atoms. The number of aliphatic hydroxyl groups is 1. The number of benzene rings is 1. The zero-order chi connectivity index (χ0) is 12.3. The van der Waals surface area contributed by atoms with E-state index in [4.69, 9.17) is 4.74 Å². The minimum absolute atomic E-state index is 0.0612. The van der Waals surface area contributed by atoms with Crippen LogP contribution in [0.25, 0.3) is 0 Å². The summed E-state index contributed by atoms with van der Waals surface area (Å²) in [5.74, 6) is 0.449. The highest BCUT2D eigenvalue weighted by Gasteiger charge is 2.20. The maximum absolute atomic E-state index is 13.5. The Kier molecular flexibility index (Phi) is 3.92. The first-order valence-corrected chi connectivity index (χ1v) is 5.33. The minimum Gasteiger partial charge on any atom is -0.496 e. The molecule has 0 spiro atoms. The van der Waals surface area contributed by atoms with Crippen molar-refractivity contribution in [1.29, 1.82) is 0 Å². The minimum atomic E-state index is -0.269. The van der Waals surface area contributed by atoms with E-state index in [0.717, 1.165) is 5.56 Å². The van der Waals surface area contributed by atoms with E-state index in [1.165, 1.54) is 6.07 Å². The second kappa shape index (κ2) is 4.83. The standard InChI is InChI=1S/C13H19FO2/c1-9-5-12(16-4)10(6-11(9)14)7-13(2,3)8-15/h5-6,15H,7-8H2,1-4H3. The molecule has 0 heterocycles. The van der Waals surface area contributed by atoms with E-state index in [1.807, 2.05) is 13.8 Å². The maximum atomic E-state index is 13.5. The molecule has 0 aliphatic heterocycles. The van der Waals surface area contributed by atoms with Gasteiger partial charge in [0.15, 0.2) is 0 Å². The molecule has 3 heteroatoms. The third kappa shape index (κ3) is 2.95. The van der Waals surface area contributed by atoms with Crippen molar-refractivity contribution in [2.24, 2.45) is 5.41 Å². The predicted molar refractivity (Wildman–Crippen MR) is 62.3 cm³/mol. The molecule has 0 saturated heterocycles. The van der Waals surface area contributed by atoms with Crippen molar-refractivity contribution >= 4 is 0 Å². The molecule has 0 bridgehead atoms. The zero-order valence-electron chi connectivity index (χ0n) is 10.3. The van der Waals surface area contributed by atoms with E-state index in [9.17, 15) is 9.50 Å². The SMILES string of the molecule is COc1cc(C)c(F)cc1CC(C)(C)CO. The summed E-state index contributed by atoms with van der Waals surface area (Å²) in [4.78, 5) is 0. The van der Waals surface area contributed by atoms with Crippen molar-refractivity contribution in [3.8, 4) is 5.75 Å². The molecular weight excluding hydrogens is 207 g/mol. The van der Waals surface area contributed by atoms with Crippen molar-refractivity contribution in [2.75, 3.05) is 13.7 Å². The van der Waals surface area contributed by atoms with Gasteiger partial charge >= 0.3 is 0 Å². The van der Waals surface area contributed by atoms with Crippen molar-refractivity contribution in [1.82, 2.24) is 0 Å². The third-order valence-corrected chi connectivity index (χ3v) is 2.66. The quantitative estimate of drug-likeness (QED) is 0.855. The molecule has 90 valence electrons. The number of rotatable bonds is 4. The maximum Gasteiger partial charge on any atom is 0.126 e. The fourth-order valence-corrected chi connectivity index (χ4v) is 1.60. The first kappa shape index (κ1) is 13.0. The summed E-state index contributed by atoms with van der Waals surface area (Å²) in [6.45, 7) is 5.64. The van der Waals surface area contributed by atoms with Crippen LogP contribution in [0.3, 0.4) is 0 Å². The lowest BCUT2D eigenvalue weighted by Crippen LogP contribution is -2.20. The highest BCUT2D eigenvalue weighted by molar-refractivity contribution is 5.38. The van der Waals surface area contributed by atoms with Crippen molar-refractivity contribution in [2.45, 2.75) is 27.2 Å². The summed E-state index contributed by atoms with van der Waals surface area (Å²) < 4.78 is 18.7. The van der Waals surface area contributed by atoms with Gasteiger partial charge in [0, 0.05) is 6.61 Å². The van der Waals surface area contributed by atoms with Crippen molar-refractivity contribution in [3.63, 3.8) is 0 Å². The Hall–Kier alpha value is -1.09. The number of halogens is 1. The van der Waals surface area contributed by atoms with Crippen LogP contribution in [-0.2, 0) is 6.42 Å². The van der Waals surface area contributed by atoms with E-state index in [1.54, 1.807) is 20.1 Å². The first-order chi connectivity index (χ1) is 7.39. The lowest BCUT2D eigenvalue weighted by molar-refractivity contribution is 0.158. The van der Waals surface area contributed by atoms with Gasteiger partial charge in [-0.25, -0.2) is 4.39 Å². The Morgan fingerprint density at radius 3 is 2.50 bits per heavy atom. The molecule has 0 unspecified atom stereocenters. The molecule has 0 radical (unpaired) electrons. The van der Waals surface area contributed by atoms with E-state index in [-0.39, 0.29) is 17.8 Å². The van der Waals surface area contributed by atoms with Crippen molar-refractivity contribution in [3.05, 3.63) is 29.1 Å². The summed E-state index contributed by atoms with van der Waals surface area (Å²) in [6.07, 6.45) is 0.587. The number of hydrogen-bond acceptors (Lipinski definition) is 2. The number of hydrogen-bond donors (Lipinski definition) is 1. The average molecular weight is 226 g/mol. The van der Waals surface area contributed by atoms with Gasteiger partial charge in [0.05, 0.1) is 7.11 Å². The summed E-state index contributed by atoms with van der Waals surface area (Å²) in [7, 11) is 1.57. The van der Waals surface area contributed by atoms with Crippen LogP contribution in [0.4, 0.5) is 4.39 Å². The molecule has 0 saturated carbocycles. The molecule has 1 N–H and O–H groups in total. The van der Waals surface area contributed by atoms with Crippen molar-refractivity contribution < 1.29 is 14.2 Å². The van der Waals surface area contributed by atoms with Crippen LogP contribution in [0.5, 0.6) is 5.75 Å². The topological polar surface area (TPSA) is 29.5 Å². The van der Waals surface area contributed by atoms with Gasteiger partial charge in [-0.2, -0.15) is 0 Å². The molecule has 0 amide bonds. The number of aliphatic hydroxyl groups excluding tert-OH is 1. The number of aryl methyl sites for hydroxylation is 1. The van der Waals surface area contributed by atoms with Gasteiger partial charge in [-0.3, -0.25) is 0 Å². The Balaban J connectivity index is 3.08. The van der Waals surface area contributed by atoms with E-state index in [2.05, 4.69) is 0 Å². The second-order valence-electron chi connectivity index (χ2n) is 4.91. The van der Waals surface area contributed by atoms with E-state index in [0.29, 0.717) is 17.7 Å². The highest BCUT2D eigenvalue weighted by atomic mass is 19.1. The van der Waals surface area contributed by atoms with Crippen LogP contribution in [-0.4, -0.2) is 18.8 Å². The van der Waals surface area contributed by atoms with Gasteiger partial charge in [0.2, 0.25) is 0 Å². The van der Waals surface area contributed by atoms with Gasteiger partial charge in [-0.1, -0.05) is 13.8 Å². The summed E-state index contributed by atoms with van der Waals surface area (Å²) in [5, 5.41) is 9.21. The lowest BCUT2D eigenvalue weighted by atomic mass is 9.86. The van der Waals surface area contributed by atoms with Crippen LogP contribution in [0, 0.1) is 18.2 Å². The molecular formula is C13H19FO2. The van der Waals surface area contributed by atoms with Gasteiger partial charge in [-0.15, -0.1) is 0 Å². The molecule has 0 aromatic heterocycles. The third-order valence-electron chi connectivity index (χ3n) is 2.66. The smallest absolute Gasteiger partial charge is 0.126 e. The Morgan fingerprint density at radius 1 is 1.38 bits per heavy atom. The summed E-state index contributed by atoms with van der Waals surface area (Å²) >= 11 is 0. The van der Waals surface area contributed by atoms with Crippen LogP contribution in [0.15, 0.2) is 12.1 Å². The predicted octanol–water partition coefficient (Wildman–Crippen LogP) is 2.70. The van der Waals surface area contributed by atoms with Crippen LogP contribution in [0.1, 0.15) is 25.0 Å². The number of ether oxygens (including phenoxy) is 1. The monoisotopic (exact) mass is 226 g/mol. The Labute approximate surface area is 96.1 Å². The Morgan fingerprint density at radius 2 is 2.00 bits per heavy atom. The normalized spacial score (nSPS) is 11.6. The number of methoxy groups -OCH3 is 1. The second-order valence-corrected chi connectivity index (χ2v) is 4.91. The van der Waals surface area contributed by atoms with Gasteiger partial charge in [-0.05, 0) is 42.0 Å². The molecule has 1 rings (SSSR count). The lowest BCUT2D eigenvalue weighted by Gasteiger charge is -2.23. The molecule has 1 aromatic rings. The fourth-order valence-electron chi connectivity index (χ4n) is 1.60. The molecule has 0 atom stereocenters. The summed E-state index contributed by atoms with van der Waals surface area (Å²) in [5.41, 5.74) is 1.10. The van der Waals surface area contributed by atoms with E-state index >= 15 is 0 Å². The highest BCUT2D eigenvalue weighted by Crippen LogP contribution is 2.29. The van der Waals surface area contributed by atoms with Crippen LogP contribution < -0.4 is 4.74 Å². The average Bonchev–Trinajstić information content (AvgIpc) is 2.22. The van der Waals surface area contributed by atoms with Crippen LogP contribution >= 0.6 is 0 Å².